The molecule has 0 atom stereocenters. The van der Waals surface area contributed by atoms with Crippen molar-refractivity contribution in [2.45, 2.75) is 37.5 Å². The summed E-state index contributed by atoms with van der Waals surface area (Å²) in [5, 5.41) is 0. The molecule has 1 N–H and O–H groups in total. The average Bonchev–Trinajstić information content (AvgIpc) is 3.05. The summed E-state index contributed by atoms with van der Waals surface area (Å²) in [7, 11) is -3.53. The Labute approximate surface area is 154 Å². The van der Waals surface area contributed by atoms with E-state index in [9.17, 15) is 13.2 Å². The number of nitrogens with zero attached hydrogens (tertiary/aromatic N) is 2. The molecule has 3 rings (SSSR count). The normalized spacial score (nSPS) is 13.7. The van der Waals surface area contributed by atoms with E-state index in [1.165, 1.54) is 6.92 Å². The Balaban J connectivity index is 1.54. The van der Waals surface area contributed by atoms with Gasteiger partial charge in [0.25, 0.3) is 0 Å². The van der Waals surface area contributed by atoms with E-state index in [1.54, 1.807) is 29.3 Å². The monoisotopic (exact) mass is 373 g/mol. The first kappa shape index (κ1) is 18.5. The summed E-state index contributed by atoms with van der Waals surface area (Å²) in [5.41, 5.74) is 2.87. The van der Waals surface area contributed by atoms with Crippen LogP contribution in [-0.4, -0.2) is 32.4 Å². The predicted molar refractivity (Wildman–Crippen MR) is 101 cm³/mol. The van der Waals surface area contributed by atoms with E-state index in [0.717, 1.165) is 36.1 Å². The van der Waals surface area contributed by atoms with Gasteiger partial charge in [-0.1, -0.05) is 6.07 Å². The predicted octanol–water partition coefficient (Wildman–Crippen LogP) is 2.29. The summed E-state index contributed by atoms with van der Waals surface area (Å²) in [4.78, 5) is 17.6. The maximum atomic E-state index is 12.5. The molecule has 1 aromatic carbocycles. The minimum Gasteiger partial charge on any atom is -0.312 e. The van der Waals surface area contributed by atoms with Crippen molar-refractivity contribution in [3.8, 4) is 0 Å². The van der Waals surface area contributed by atoms with Crippen molar-refractivity contribution < 1.29 is 13.2 Å². The van der Waals surface area contributed by atoms with Crippen LogP contribution in [0.5, 0.6) is 0 Å². The van der Waals surface area contributed by atoms with Crippen LogP contribution in [0.2, 0.25) is 0 Å². The molecule has 0 bridgehead atoms. The summed E-state index contributed by atoms with van der Waals surface area (Å²) in [6.45, 7) is 2.53. The Bertz CT molecular complexity index is 882. The number of sulfonamides is 1. The molecular weight excluding hydrogens is 350 g/mol. The van der Waals surface area contributed by atoms with Crippen molar-refractivity contribution in [2.24, 2.45) is 0 Å². The van der Waals surface area contributed by atoms with Crippen LogP contribution in [0.4, 0.5) is 5.69 Å². The zero-order valence-corrected chi connectivity index (χ0v) is 15.6. The van der Waals surface area contributed by atoms with E-state index in [4.69, 9.17) is 0 Å². The largest absolute Gasteiger partial charge is 0.312 e. The third-order valence-corrected chi connectivity index (χ3v) is 6.00. The van der Waals surface area contributed by atoms with Gasteiger partial charge in [0.1, 0.15) is 0 Å². The maximum Gasteiger partial charge on any atom is 0.240 e. The van der Waals surface area contributed by atoms with Crippen LogP contribution in [0.3, 0.4) is 0 Å². The number of rotatable bonds is 7. The van der Waals surface area contributed by atoms with Gasteiger partial charge in [0, 0.05) is 38.1 Å². The van der Waals surface area contributed by atoms with E-state index in [-0.39, 0.29) is 10.8 Å². The summed E-state index contributed by atoms with van der Waals surface area (Å²) in [6, 6.07) is 8.89. The highest BCUT2D eigenvalue weighted by atomic mass is 32.2. The molecule has 1 aromatic heterocycles. The number of fused-ring (bicyclic) bond motifs is 1. The van der Waals surface area contributed by atoms with Gasteiger partial charge in [-0.25, -0.2) is 13.1 Å². The summed E-state index contributed by atoms with van der Waals surface area (Å²) in [6.07, 6.45) is 6.80. The van der Waals surface area contributed by atoms with Gasteiger partial charge in [-0.05, 0) is 61.1 Å². The van der Waals surface area contributed by atoms with E-state index in [2.05, 4.69) is 9.71 Å². The second-order valence-electron chi connectivity index (χ2n) is 6.43. The Hall–Kier alpha value is -2.25. The minimum atomic E-state index is -3.53. The number of hydrogen-bond acceptors (Lipinski definition) is 4. The minimum absolute atomic E-state index is 0.0221. The van der Waals surface area contributed by atoms with E-state index in [1.807, 2.05) is 18.3 Å². The lowest BCUT2D eigenvalue weighted by molar-refractivity contribution is -0.116. The fourth-order valence-corrected chi connectivity index (χ4v) is 4.29. The highest BCUT2D eigenvalue weighted by molar-refractivity contribution is 7.89. The van der Waals surface area contributed by atoms with E-state index < -0.39 is 10.0 Å². The molecule has 1 aliphatic heterocycles. The first-order valence-corrected chi connectivity index (χ1v) is 10.3. The molecule has 6 nitrogen and oxygen atoms in total. The number of aryl methyl sites for hydroxylation is 1. The van der Waals surface area contributed by atoms with Gasteiger partial charge < -0.3 is 4.90 Å². The van der Waals surface area contributed by atoms with Gasteiger partial charge in [-0.15, -0.1) is 0 Å². The fraction of sp³-hybridized carbons (Fsp3) is 0.368. The molecule has 0 unspecified atom stereocenters. The van der Waals surface area contributed by atoms with Gasteiger partial charge >= 0.3 is 0 Å². The molecule has 1 aliphatic rings. The fourth-order valence-electron chi connectivity index (χ4n) is 3.16. The highest BCUT2D eigenvalue weighted by Crippen LogP contribution is 2.30. The average molecular weight is 373 g/mol. The van der Waals surface area contributed by atoms with Crippen molar-refractivity contribution in [1.82, 2.24) is 9.71 Å². The van der Waals surface area contributed by atoms with Crippen LogP contribution in [0.1, 0.15) is 30.9 Å². The van der Waals surface area contributed by atoms with Crippen LogP contribution in [0.15, 0.2) is 47.6 Å². The maximum absolute atomic E-state index is 12.5. The SMILES string of the molecule is CC(=O)N1CCc2cc(S(=O)(=O)NCCCCc3cccnc3)ccc21. The van der Waals surface area contributed by atoms with Crippen molar-refractivity contribution in [3.63, 3.8) is 0 Å². The van der Waals surface area contributed by atoms with Gasteiger partial charge in [-0.2, -0.15) is 0 Å². The van der Waals surface area contributed by atoms with Crippen LogP contribution in [0.25, 0.3) is 0 Å². The lowest BCUT2D eigenvalue weighted by Gasteiger charge is -2.15. The lowest BCUT2D eigenvalue weighted by Crippen LogP contribution is -2.26. The van der Waals surface area contributed by atoms with E-state index >= 15 is 0 Å². The van der Waals surface area contributed by atoms with Gasteiger partial charge in [0.15, 0.2) is 0 Å². The van der Waals surface area contributed by atoms with Gasteiger partial charge in [0.2, 0.25) is 15.9 Å². The number of nitrogens with one attached hydrogen (secondary N) is 1. The third kappa shape index (κ3) is 4.28. The summed E-state index contributed by atoms with van der Waals surface area (Å²) in [5.74, 6) is -0.0221. The smallest absolute Gasteiger partial charge is 0.240 e. The molecule has 7 heteroatoms. The molecule has 0 radical (unpaired) electrons. The second-order valence-corrected chi connectivity index (χ2v) is 8.19. The van der Waals surface area contributed by atoms with Crippen LogP contribution in [0, 0.1) is 0 Å². The first-order valence-electron chi connectivity index (χ1n) is 8.77. The lowest BCUT2D eigenvalue weighted by atomic mass is 10.1. The van der Waals surface area contributed by atoms with Crippen LogP contribution in [-0.2, 0) is 27.7 Å². The molecule has 1 amide bonds. The van der Waals surface area contributed by atoms with Crippen molar-refractivity contribution >= 4 is 21.6 Å². The number of amides is 1. The Kier molecular flexibility index (Phi) is 5.68. The summed E-state index contributed by atoms with van der Waals surface area (Å²) < 4.78 is 27.6. The number of aromatic nitrogens is 1. The molecule has 0 spiro atoms. The van der Waals surface area contributed by atoms with Crippen molar-refractivity contribution in [3.05, 3.63) is 53.9 Å². The molecule has 138 valence electrons. The van der Waals surface area contributed by atoms with Gasteiger partial charge in [0.05, 0.1) is 4.90 Å². The number of pyridine rings is 1. The molecule has 2 aromatic rings. The molecule has 0 aliphatic carbocycles. The third-order valence-electron chi connectivity index (χ3n) is 4.54. The van der Waals surface area contributed by atoms with Crippen LogP contribution >= 0.6 is 0 Å². The zero-order chi connectivity index (χ0) is 18.6. The Morgan fingerprint density at radius 2 is 2.12 bits per heavy atom. The molecule has 0 fully saturated rings. The topological polar surface area (TPSA) is 79.4 Å². The molecule has 0 saturated carbocycles. The standard InChI is InChI=1S/C19H23N3O3S/c1-15(23)22-12-9-17-13-18(7-8-19(17)22)26(24,25)21-11-3-2-5-16-6-4-10-20-14-16/h4,6-8,10,13-14,21H,2-3,5,9,11-12H2,1H3. The Morgan fingerprint density at radius 1 is 1.27 bits per heavy atom. The number of anilines is 1. The number of unbranched alkanes of at least 4 members (excludes halogenated alkanes) is 1. The summed E-state index contributed by atoms with van der Waals surface area (Å²) >= 11 is 0. The molecule has 26 heavy (non-hydrogen) atoms. The van der Waals surface area contributed by atoms with Gasteiger partial charge in [-0.3, -0.25) is 9.78 Å². The van der Waals surface area contributed by atoms with Crippen molar-refractivity contribution in [2.75, 3.05) is 18.0 Å². The zero-order valence-electron chi connectivity index (χ0n) is 14.8. The Morgan fingerprint density at radius 3 is 2.85 bits per heavy atom. The highest BCUT2D eigenvalue weighted by Gasteiger charge is 2.24. The first-order chi connectivity index (χ1) is 12.5. The van der Waals surface area contributed by atoms with Crippen LogP contribution < -0.4 is 9.62 Å². The number of hydrogen-bond donors (Lipinski definition) is 1. The molecular formula is C19H23N3O3S. The second kappa shape index (κ2) is 7.97. The van der Waals surface area contributed by atoms with Crippen molar-refractivity contribution in [1.29, 1.82) is 0 Å². The molecule has 2 heterocycles. The van der Waals surface area contributed by atoms with E-state index in [0.29, 0.717) is 19.5 Å². The number of carbonyl (C=O) groups is 1. The number of carbonyl (C=O) groups excluding carboxylic acids is 1. The quantitative estimate of drug-likeness (QED) is 0.755. The molecule has 0 saturated heterocycles. The number of benzene rings is 1.